The predicted octanol–water partition coefficient (Wildman–Crippen LogP) is 0.0544. The Labute approximate surface area is 100 Å². The van der Waals surface area contributed by atoms with Crippen molar-refractivity contribution in [1.82, 2.24) is 4.72 Å². The van der Waals surface area contributed by atoms with Crippen molar-refractivity contribution in [3.63, 3.8) is 0 Å². The molecule has 6 nitrogen and oxygen atoms in total. The molecule has 1 rings (SSSR count). The van der Waals surface area contributed by atoms with Crippen molar-refractivity contribution >= 4 is 21.6 Å². The number of anilines is 1. The highest BCUT2D eigenvalue weighted by molar-refractivity contribution is 7.89. The van der Waals surface area contributed by atoms with E-state index in [9.17, 15) is 13.2 Å². The second kappa shape index (κ2) is 4.72. The molecular formula is C10H15N3O3S. The predicted molar refractivity (Wildman–Crippen MR) is 64.8 cm³/mol. The maximum absolute atomic E-state index is 11.8. The zero-order chi connectivity index (χ0) is 13.2. The van der Waals surface area contributed by atoms with Crippen molar-refractivity contribution in [2.24, 2.45) is 5.73 Å². The maximum Gasteiger partial charge on any atom is 0.248 e. The van der Waals surface area contributed by atoms with E-state index in [1.807, 2.05) is 0 Å². The molecule has 0 radical (unpaired) electrons. The molecule has 0 fully saturated rings. The van der Waals surface area contributed by atoms with E-state index < -0.39 is 15.9 Å². The average molecular weight is 257 g/mol. The second-order valence-electron chi connectivity index (χ2n) is 3.89. The van der Waals surface area contributed by atoms with Crippen LogP contribution in [0.2, 0.25) is 0 Å². The van der Waals surface area contributed by atoms with Crippen molar-refractivity contribution in [2.45, 2.75) is 24.8 Å². The number of hydrogen-bond donors (Lipinski definition) is 3. The standard InChI is InChI=1S/C10H15N3O3S/c1-6(2)13-17(15,16)9-4-3-7(10(12)14)5-8(9)11/h3-6,13H,11H2,1-2H3,(H2,12,14). The van der Waals surface area contributed by atoms with Crippen molar-refractivity contribution in [1.29, 1.82) is 0 Å². The van der Waals surface area contributed by atoms with E-state index >= 15 is 0 Å². The SMILES string of the molecule is CC(C)NS(=O)(=O)c1ccc(C(N)=O)cc1N. The van der Waals surface area contributed by atoms with E-state index in [1.54, 1.807) is 13.8 Å². The first-order valence-corrected chi connectivity index (χ1v) is 6.44. The first-order valence-electron chi connectivity index (χ1n) is 4.95. The van der Waals surface area contributed by atoms with Gasteiger partial charge in [-0.15, -0.1) is 0 Å². The molecule has 0 atom stereocenters. The van der Waals surface area contributed by atoms with Crippen LogP contribution in [-0.4, -0.2) is 20.4 Å². The summed E-state index contributed by atoms with van der Waals surface area (Å²) in [5.74, 6) is -0.655. The summed E-state index contributed by atoms with van der Waals surface area (Å²) in [5, 5.41) is 0. The quantitative estimate of drug-likeness (QED) is 0.661. The fourth-order valence-electron chi connectivity index (χ4n) is 1.32. The lowest BCUT2D eigenvalue weighted by atomic mass is 10.2. The van der Waals surface area contributed by atoms with E-state index in [4.69, 9.17) is 11.5 Å². The van der Waals surface area contributed by atoms with Gasteiger partial charge in [0, 0.05) is 11.6 Å². The van der Waals surface area contributed by atoms with Crippen LogP contribution in [-0.2, 0) is 10.0 Å². The van der Waals surface area contributed by atoms with Crippen LogP contribution in [0.1, 0.15) is 24.2 Å². The van der Waals surface area contributed by atoms with Gasteiger partial charge in [0.1, 0.15) is 4.90 Å². The van der Waals surface area contributed by atoms with Crippen LogP contribution in [0.5, 0.6) is 0 Å². The summed E-state index contributed by atoms with van der Waals surface area (Å²) in [6.07, 6.45) is 0. The van der Waals surface area contributed by atoms with Crippen LogP contribution in [0.15, 0.2) is 23.1 Å². The Balaban J connectivity index is 3.21. The molecule has 17 heavy (non-hydrogen) atoms. The van der Waals surface area contributed by atoms with Crippen LogP contribution in [0.3, 0.4) is 0 Å². The van der Waals surface area contributed by atoms with Crippen molar-refractivity contribution < 1.29 is 13.2 Å². The third-order valence-corrected chi connectivity index (χ3v) is 3.71. The Kier molecular flexibility index (Phi) is 3.74. The number of nitrogens with two attached hydrogens (primary N) is 2. The van der Waals surface area contributed by atoms with E-state index in [1.165, 1.54) is 18.2 Å². The van der Waals surface area contributed by atoms with Gasteiger partial charge in [-0.25, -0.2) is 13.1 Å². The molecule has 0 unspecified atom stereocenters. The van der Waals surface area contributed by atoms with Gasteiger partial charge >= 0.3 is 0 Å². The number of benzene rings is 1. The zero-order valence-corrected chi connectivity index (χ0v) is 10.4. The summed E-state index contributed by atoms with van der Waals surface area (Å²) in [7, 11) is -3.66. The Morgan fingerprint density at radius 2 is 1.94 bits per heavy atom. The minimum absolute atomic E-state index is 0.00514. The lowest BCUT2D eigenvalue weighted by molar-refractivity contribution is 0.1000. The maximum atomic E-state index is 11.8. The first-order chi connectivity index (χ1) is 7.74. The number of amides is 1. The molecular weight excluding hydrogens is 242 g/mol. The van der Waals surface area contributed by atoms with E-state index in [0.29, 0.717) is 0 Å². The summed E-state index contributed by atoms with van der Waals surface area (Å²) in [6, 6.07) is 3.60. The molecule has 5 N–H and O–H groups in total. The highest BCUT2D eigenvalue weighted by Crippen LogP contribution is 2.19. The molecule has 0 aromatic heterocycles. The van der Waals surface area contributed by atoms with E-state index in [0.717, 1.165) is 0 Å². The number of primary amides is 1. The van der Waals surface area contributed by atoms with E-state index in [-0.39, 0.29) is 22.2 Å². The third-order valence-electron chi connectivity index (χ3n) is 1.97. The van der Waals surface area contributed by atoms with Gasteiger partial charge in [-0.3, -0.25) is 4.79 Å². The Bertz CT molecular complexity index is 538. The fraction of sp³-hybridized carbons (Fsp3) is 0.300. The lowest BCUT2D eigenvalue weighted by Gasteiger charge is -2.11. The normalized spacial score (nSPS) is 11.7. The Hall–Kier alpha value is -1.60. The molecule has 0 saturated carbocycles. The van der Waals surface area contributed by atoms with Gasteiger partial charge in [0.2, 0.25) is 15.9 Å². The minimum Gasteiger partial charge on any atom is -0.398 e. The largest absolute Gasteiger partial charge is 0.398 e. The summed E-state index contributed by atoms with van der Waals surface area (Å²) in [5.41, 5.74) is 10.8. The molecule has 7 heteroatoms. The third kappa shape index (κ3) is 3.18. The van der Waals surface area contributed by atoms with Gasteiger partial charge in [-0.1, -0.05) is 0 Å². The molecule has 0 saturated heterocycles. The van der Waals surface area contributed by atoms with Crippen molar-refractivity contribution in [2.75, 3.05) is 5.73 Å². The summed E-state index contributed by atoms with van der Waals surface area (Å²) >= 11 is 0. The van der Waals surface area contributed by atoms with Crippen LogP contribution in [0.25, 0.3) is 0 Å². The number of rotatable bonds is 4. The molecule has 1 aromatic carbocycles. The molecule has 94 valence electrons. The van der Waals surface area contributed by atoms with Gasteiger partial charge < -0.3 is 11.5 Å². The van der Waals surface area contributed by atoms with Gasteiger partial charge in [0.15, 0.2) is 0 Å². The smallest absolute Gasteiger partial charge is 0.248 e. The highest BCUT2D eigenvalue weighted by Gasteiger charge is 2.19. The average Bonchev–Trinajstić information content (AvgIpc) is 2.14. The molecule has 0 heterocycles. The van der Waals surface area contributed by atoms with Crippen LogP contribution < -0.4 is 16.2 Å². The van der Waals surface area contributed by atoms with E-state index in [2.05, 4.69) is 4.72 Å². The molecule has 0 aliphatic heterocycles. The second-order valence-corrected chi connectivity index (χ2v) is 5.58. The number of nitrogens with one attached hydrogen (secondary N) is 1. The minimum atomic E-state index is -3.66. The topological polar surface area (TPSA) is 115 Å². The lowest BCUT2D eigenvalue weighted by Crippen LogP contribution is -2.30. The number of nitrogen functional groups attached to an aromatic ring is 1. The van der Waals surface area contributed by atoms with Crippen molar-refractivity contribution in [3.8, 4) is 0 Å². The summed E-state index contributed by atoms with van der Waals surface area (Å²) < 4.78 is 26.1. The Morgan fingerprint density at radius 3 is 2.35 bits per heavy atom. The van der Waals surface area contributed by atoms with Crippen molar-refractivity contribution in [3.05, 3.63) is 23.8 Å². The van der Waals surface area contributed by atoms with Gasteiger partial charge in [0.05, 0.1) is 5.69 Å². The summed E-state index contributed by atoms with van der Waals surface area (Å²) in [6.45, 7) is 3.40. The molecule has 0 aliphatic rings. The summed E-state index contributed by atoms with van der Waals surface area (Å²) in [4.78, 5) is 10.8. The Morgan fingerprint density at radius 1 is 1.35 bits per heavy atom. The van der Waals surface area contributed by atoms with Gasteiger partial charge in [-0.05, 0) is 32.0 Å². The fourth-order valence-corrected chi connectivity index (χ4v) is 2.68. The first kappa shape index (κ1) is 13.5. The highest BCUT2D eigenvalue weighted by atomic mass is 32.2. The molecule has 1 aromatic rings. The number of sulfonamides is 1. The molecule has 1 amide bonds. The zero-order valence-electron chi connectivity index (χ0n) is 9.60. The van der Waals surface area contributed by atoms with Crippen LogP contribution >= 0.6 is 0 Å². The van der Waals surface area contributed by atoms with Crippen LogP contribution in [0, 0.1) is 0 Å². The number of hydrogen-bond acceptors (Lipinski definition) is 4. The van der Waals surface area contributed by atoms with Crippen LogP contribution in [0.4, 0.5) is 5.69 Å². The molecule has 0 spiro atoms. The molecule has 0 aliphatic carbocycles. The molecule has 0 bridgehead atoms. The van der Waals surface area contributed by atoms with Gasteiger partial charge in [-0.2, -0.15) is 0 Å². The monoisotopic (exact) mass is 257 g/mol. The number of carbonyl (C=O) groups excluding carboxylic acids is 1. The number of carbonyl (C=O) groups is 1. The van der Waals surface area contributed by atoms with Gasteiger partial charge in [0.25, 0.3) is 0 Å².